The summed E-state index contributed by atoms with van der Waals surface area (Å²) in [6.07, 6.45) is 7.95. The van der Waals surface area contributed by atoms with Crippen molar-refractivity contribution >= 4 is 25.1 Å². The molecule has 0 aromatic heterocycles. The second kappa shape index (κ2) is 7.79. The highest BCUT2D eigenvalue weighted by Crippen LogP contribution is 2.62. The lowest BCUT2D eigenvalue weighted by molar-refractivity contribution is -0.128. The number of ketones is 2. The summed E-state index contributed by atoms with van der Waals surface area (Å²) in [7, 11) is 0. The van der Waals surface area contributed by atoms with E-state index in [0.717, 1.165) is 32.1 Å². The predicted molar refractivity (Wildman–Crippen MR) is 120 cm³/mol. The van der Waals surface area contributed by atoms with Crippen molar-refractivity contribution in [1.82, 2.24) is 0 Å². The standard InChI is InChI=1S/C24H26O3.CH4.H2S/c1-24-13-20(14-2-5-16(25)6-3-14)23-18-9-7-17(26)12-15(18)4-8-19(23)21(24)10-11-22(24)27;;/h2-3,5-6,12,19-21,25H,4,7-11,13H2,1H3;1H4;1H2/t19?,20-,21?,24+;;/m1../s1. The van der Waals surface area contributed by atoms with Crippen molar-refractivity contribution in [1.29, 1.82) is 0 Å². The quantitative estimate of drug-likeness (QED) is 0.652. The van der Waals surface area contributed by atoms with E-state index < -0.39 is 0 Å². The van der Waals surface area contributed by atoms with Crippen molar-refractivity contribution in [2.45, 2.75) is 65.2 Å². The summed E-state index contributed by atoms with van der Waals surface area (Å²) >= 11 is 0. The number of benzene rings is 1. The molecule has 156 valence electrons. The average molecular weight is 413 g/mol. The first-order valence-electron chi connectivity index (χ1n) is 10.3. The van der Waals surface area contributed by atoms with Gasteiger partial charge in [-0.25, -0.2) is 0 Å². The molecule has 1 aromatic carbocycles. The molecule has 0 spiro atoms. The summed E-state index contributed by atoms with van der Waals surface area (Å²) in [6, 6.07) is 7.54. The molecule has 1 N–H and O–H groups in total. The van der Waals surface area contributed by atoms with Crippen LogP contribution in [0, 0.1) is 17.3 Å². The van der Waals surface area contributed by atoms with Gasteiger partial charge in [0, 0.05) is 24.2 Å². The van der Waals surface area contributed by atoms with Gasteiger partial charge in [-0.1, -0.05) is 32.1 Å². The van der Waals surface area contributed by atoms with Crippen LogP contribution in [0.3, 0.4) is 0 Å². The van der Waals surface area contributed by atoms with Gasteiger partial charge in [-0.05, 0) is 78.9 Å². The summed E-state index contributed by atoms with van der Waals surface area (Å²) in [5, 5.41) is 9.73. The van der Waals surface area contributed by atoms with Crippen LogP contribution in [0.5, 0.6) is 5.75 Å². The van der Waals surface area contributed by atoms with Crippen LogP contribution < -0.4 is 0 Å². The Bertz CT molecular complexity index is 895. The first-order valence-corrected chi connectivity index (χ1v) is 10.3. The molecular weight excluding hydrogens is 380 g/mol. The van der Waals surface area contributed by atoms with Crippen LogP contribution in [-0.4, -0.2) is 16.7 Å². The molecule has 4 aliphatic carbocycles. The van der Waals surface area contributed by atoms with Gasteiger partial charge in [0.15, 0.2) is 5.78 Å². The SMILES string of the molecule is C.C[C@]12C[C@H](c3ccc(O)cc3)C3=C4CCC(=O)C=C4CCC3C1CCC2=O.S. The molecule has 5 rings (SSSR count). The van der Waals surface area contributed by atoms with Crippen LogP contribution in [0.1, 0.15) is 70.8 Å². The van der Waals surface area contributed by atoms with E-state index in [9.17, 15) is 14.7 Å². The third kappa shape index (κ3) is 3.30. The molecule has 2 saturated carbocycles. The largest absolute Gasteiger partial charge is 0.508 e. The van der Waals surface area contributed by atoms with Crippen LogP contribution in [0.4, 0.5) is 0 Å². The molecule has 0 radical (unpaired) electrons. The number of rotatable bonds is 1. The molecular formula is C25H32O3S. The maximum atomic E-state index is 12.8. The minimum atomic E-state index is -0.233. The topological polar surface area (TPSA) is 54.4 Å². The highest BCUT2D eigenvalue weighted by molar-refractivity contribution is 7.59. The monoisotopic (exact) mass is 412 g/mol. The number of allylic oxidation sites excluding steroid dienone is 4. The molecule has 4 heteroatoms. The Hall–Kier alpha value is -1.81. The third-order valence-corrected chi connectivity index (χ3v) is 7.74. The molecule has 4 atom stereocenters. The fourth-order valence-corrected chi connectivity index (χ4v) is 6.44. The molecule has 0 heterocycles. The fraction of sp³-hybridized carbons (Fsp3) is 0.520. The third-order valence-electron chi connectivity index (χ3n) is 7.74. The first-order chi connectivity index (χ1) is 13.0. The highest BCUT2D eigenvalue weighted by atomic mass is 32.1. The summed E-state index contributed by atoms with van der Waals surface area (Å²) in [5.41, 5.74) is 5.11. The number of aromatic hydroxyl groups is 1. The first kappa shape index (κ1) is 21.9. The van der Waals surface area contributed by atoms with E-state index in [1.165, 1.54) is 22.3 Å². The molecule has 3 nitrogen and oxygen atoms in total. The van der Waals surface area contributed by atoms with Crippen LogP contribution in [0.15, 0.2) is 47.1 Å². The van der Waals surface area contributed by atoms with Gasteiger partial charge in [-0.2, -0.15) is 13.5 Å². The maximum absolute atomic E-state index is 12.8. The lowest BCUT2D eigenvalue weighted by atomic mass is 9.53. The zero-order valence-electron chi connectivity index (χ0n) is 16.3. The Kier molecular flexibility index (Phi) is 5.88. The number of hydrogen-bond acceptors (Lipinski definition) is 3. The van der Waals surface area contributed by atoms with E-state index in [-0.39, 0.29) is 43.8 Å². The Labute approximate surface area is 180 Å². The van der Waals surface area contributed by atoms with Gasteiger partial charge < -0.3 is 5.11 Å². The van der Waals surface area contributed by atoms with Gasteiger partial charge in [-0.3, -0.25) is 9.59 Å². The lowest BCUT2D eigenvalue weighted by Crippen LogP contribution is -2.43. The van der Waals surface area contributed by atoms with E-state index in [4.69, 9.17) is 0 Å². The van der Waals surface area contributed by atoms with Crippen molar-refractivity contribution in [2.75, 3.05) is 0 Å². The van der Waals surface area contributed by atoms with E-state index in [1.807, 2.05) is 18.2 Å². The minimum Gasteiger partial charge on any atom is -0.508 e. The Balaban J connectivity index is 0.00000120. The lowest BCUT2D eigenvalue weighted by Gasteiger charge is -2.50. The minimum absolute atomic E-state index is 0. The van der Waals surface area contributed by atoms with E-state index >= 15 is 0 Å². The number of hydrogen-bond donors (Lipinski definition) is 1. The van der Waals surface area contributed by atoms with Crippen molar-refractivity contribution in [3.05, 3.63) is 52.6 Å². The summed E-state index contributed by atoms with van der Waals surface area (Å²) in [5.74, 6) is 2.07. The Morgan fingerprint density at radius 1 is 1.00 bits per heavy atom. The van der Waals surface area contributed by atoms with Gasteiger partial charge in [0.1, 0.15) is 11.5 Å². The number of phenolic OH excluding ortho intramolecular Hbond substituents is 1. The van der Waals surface area contributed by atoms with Gasteiger partial charge in [0.05, 0.1) is 0 Å². The molecule has 2 unspecified atom stereocenters. The predicted octanol–water partition coefficient (Wildman–Crippen LogP) is 5.61. The summed E-state index contributed by atoms with van der Waals surface area (Å²) in [6.45, 7) is 2.19. The number of fused-ring (bicyclic) bond motifs is 4. The van der Waals surface area contributed by atoms with Crippen LogP contribution >= 0.6 is 13.5 Å². The molecule has 1 aromatic rings. The normalized spacial score (nSPS) is 33.0. The second-order valence-electron chi connectivity index (χ2n) is 9.05. The number of carbonyl (C=O) groups excluding carboxylic acids is 2. The molecule has 2 fully saturated rings. The van der Waals surface area contributed by atoms with Crippen LogP contribution in [0.2, 0.25) is 0 Å². The van der Waals surface area contributed by atoms with Crippen molar-refractivity contribution in [3.63, 3.8) is 0 Å². The molecule has 0 bridgehead atoms. The Morgan fingerprint density at radius 2 is 1.72 bits per heavy atom. The molecule has 4 aliphatic rings. The molecule has 29 heavy (non-hydrogen) atoms. The zero-order valence-corrected chi connectivity index (χ0v) is 17.3. The van der Waals surface area contributed by atoms with Gasteiger partial charge in [0.25, 0.3) is 0 Å². The van der Waals surface area contributed by atoms with Gasteiger partial charge in [0.2, 0.25) is 0 Å². The number of phenols is 1. The number of carbonyl (C=O) groups is 2. The van der Waals surface area contributed by atoms with Crippen molar-refractivity contribution in [2.24, 2.45) is 17.3 Å². The molecule has 0 saturated heterocycles. The van der Waals surface area contributed by atoms with Crippen LogP contribution in [-0.2, 0) is 9.59 Å². The van der Waals surface area contributed by atoms with E-state index in [0.29, 0.717) is 30.5 Å². The number of Topliss-reactive ketones (excluding diaryl/α,β-unsaturated/α-hetero) is 1. The fourth-order valence-electron chi connectivity index (χ4n) is 6.44. The summed E-state index contributed by atoms with van der Waals surface area (Å²) in [4.78, 5) is 24.8. The van der Waals surface area contributed by atoms with E-state index in [2.05, 4.69) is 6.92 Å². The maximum Gasteiger partial charge on any atom is 0.156 e. The zero-order chi connectivity index (χ0) is 18.8. The summed E-state index contributed by atoms with van der Waals surface area (Å²) < 4.78 is 0. The van der Waals surface area contributed by atoms with Gasteiger partial charge in [-0.15, -0.1) is 0 Å². The highest BCUT2D eigenvalue weighted by Gasteiger charge is 2.56. The van der Waals surface area contributed by atoms with Crippen molar-refractivity contribution in [3.8, 4) is 5.75 Å². The van der Waals surface area contributed by atoms with Crippen molar-refractivity contribution < 1.29 is 14.7 Å². The molecule has 0 aliphatic heterocycles. The molecule has 0 amide bonds. The smallest absolute Gasteiger partial charge is 0.156 e. The van der Waals surface area contributed by atoms with Crippen LogP contribution in [0.25, 0.3) is 0 Å². The average Bonchev–Trinajstić information content (AvgIpc) is 2.96. The second-order valence-corrected chi connectivity index (χ2v) is 9.05. The Morgan fingerprint density at radius 3 is 2.45 bits per heavy atom. The van der Waals surface area contributed by atoms with Gasteiger partial charge >= 0.3 is 0 Å². The van der Waals surface area contributed by atoms with E-state index in [1.54, 1.807) is 12.1 Å².